The molecule has 0 unspecified atom stereocenters. The zero-order valence-electron chi connectivity index (χ0n) is 8.71. The van der Waals surface area contributed by atoms with E-state index < -0.39 is 5.72 Å². The van der Waals surface area contributed by atoms with Gasteiger partial charge in [0, 0.05) is 16.5 Å². The van der Waals surface area contributed by atoms with Crippen molar-refractivity contribution in [3.8, 4) is 5.75 Å². The first kappa shape index (κ1) is 9.96. The first-order chi connectivity index (χ1) is 7.56. The average Bonchev–Trinajstić information content (AvgIpc) is 2.17. The summed E-state index contributed by atoms with van der Waals surface area (Å²) in [5.74, 6) is 0.828. The molecule has 16 heavy (non-hydrogen) atoms. The quantitative estimate of drug-likeness (QED) is 0.767. The van der Waals surface area contributed by atoms with E-state index in [1.54, 1.807) is 0 Å². The molecule has 2 bridgehead atoms. The van der Waals surface area contributed by atoms with Crippen LogP contribution in [-0.2, 0) is 0 Å². The summed E-state index contributed by atoms with van der Waals surface area (Å²) >= 11 is 3.42. The molecule has 0 radical (unpaired) electrons. The lowest BCUT2D eigenvalue weighted by atomic mass is 9.92. The van der Waals surface area contributed by atoms with Crippen molar-refractivity contribution in [2.45, 2.75) is 25.1 Å². The van der Waals surface area contributed by atoms with Crippen LogP contribution in [0.4, 0.5) is 4.79 Å². The largest absolute Gasteiger partial charge is 0.468 e. The summed E-state index contributed by atoms with van der Waals surface area (Å²) in [7, 11) is 0. The summed E-state index contributed by atoms with van der Waals surface area (Å²) in [5.41, 5.74) is 0.440. The third-order valence-corrected chi connectivity index (χ3v) is 3.45. The van der Waals surface area contributed by atoms with E-state index in [4.69, 9.17) is 4.74 Å². The van der Waals surface area contributed by atoms with E-state index in [9.17, 15) is 4.79 Å². The Morgan fingerprint density at radius 1 is 1.56 bits per heavy atom. The van der Waals surface area contributed by atoms with Gasteiger partial charge in [0.05, 0.1) is 6.04 Å². The summed E-state index contributed by atoms with van der Waals surface area (Å²) in [6.45, 7) is 1.89. The zero-order chi connectivity index (χ0) is 11.3. The highest BCUT2D eigenvalue weighted by atomic mass is 79.9. The maximum absolute atomic E-state index is 11.5. The number of hydrogen-bond acceptors (Lipinski definition) is 2. The molecule has 0 saturated carbocycles. The fourth-order valence-electron chi connectivity index (χ4n) is 2.31. The molecule has 2 N–H and O–H groups in total. The number of carbonyl (C=O) groups excluding carboxylic acids is 1. The van der Waals surface area contributed by atoms with E-state index in [0.29, 0.717) is 0 Å². The van der Waals surface area contributed by atoms with Gasteiger partial charge in [-0.1, -0.05) is 15.9 Å². The number of nitrogens with one attached hydrogen (secondary N) is 2. The Labute approximate surface area is 101 Å². The van der Waals surface area contributed by atoms with Crippen molar-refractivity contribution in [1.29, 1.82) is 0 Å². The Bertz CT molecular complexity index is 477. The molecule has 0 spiro atoms. The summed E-state index contributed by atoms with van der Waals surface area (Å²) in [6, 6.07) is 5.70. The molecule has 0 aliphatic carbocycles. The van der Waals surface area contributed by atoms with Gasteiger partial charge in [-0.2, -0.15) is 0 Å². The molecule has 5 heteroatoms. The van der Waals surface area contributed by atoms with Gasteiger partial charge in [-0.05, 0) is 25.1 Å². The van der Waals surface area contributed by atoms with Crippen LogP contribution < -0.4 is 15.4 Å². The van der Waals surface area contributed by atoms with Crippen molar-refractivity contribution in [3.63, 3.8) is 0 Å². The van der Waals surface area contributed by atoms with Gasteiger partial charge in [0.15, 0.2) is 5.72 Å². The average molecular weight is 283 g/mol. The topological polar surface area (TPSA) is 50.4 Å². The summed E-state index contributed by atoms with van der Waals surface area (Å²) in [5, 5.41) is 5.70. The van der Waals surface area contributed by atoms with Gasteiger partial charge in [0.1, 0.15) is 5.75 Å². The molecular weight excluding hydrogens is 272 g/mol. The van der Waals surface area contributed by atoms with Crippen LogP contribution >= 0.6 is 15.9 Å². The van der Waals surface area contributed by atoms with Crippen LogP contribution in [0, 0.1) is 0 Å². The molecule has 1 aromatic rings. The Kier molecular flexibility index (Phi) is 1.95. The molecule has 4 nitrogen and oxygen atoms in total. The molecule has 1 fully saturated rings. The molecule has 2 aliphatic heterocycles. The van der Waals surface area contributed by atoms with Gasteiger partial charge in [0.25, 0.3) is 0 Å². The Morgan fingerprint density at radius 2 is 2.38 bits per heavy atom. The first-order valence-electron chi connectivity index (χ1n) is 5.13. The standard InChI is InChI=1S/C11H11BrN2O2/c1-11-5-8(13-10(15)14-11)7-4-6(12)2-3-9(7)16-11/h2-4,8H,5H2,1H3,(H2,13,14,15)/t8-,11+/m1/s1. The molecular formula is C11H11BrN2O2. The number of carbonyl (C=O) groups is 1. The second kappa shape index (κ2) is 3.13. The van der Waals surface area contributed by atoms with E-state index in [0.717, 1.165) is 22.2 Å². The molecule has 2 heterocycles. The van der Waals surface area contributed by atoms with Crippen LogP contribution in [0.3, 0.4) is 0 Å². The monoisotopic (exact) mass is 282 g/mol. The van der Waals surface area contributed by atoms with Gasteiger partial charge in [0.2, 0.25) is 0 Å². The van der Waals surface area contributed by atoms with Crippen molar-refractivity contribution in [2.75, 3.05) is 0 Å². The van der Waals surface area contributed by atoms with Crippen LogP contribution in [-0.4, -0.2) is 11.8 Å². The number of ether oxygens (including phenoxy) is 1. The Morgan fingerprint density at radius 3 is 3.19 bits per heavy atom. The van der Waals surface area contributed by atoms with E-state index in [2.05, 4.69) is 26.6 Å². The van der Waals surface area contributed by atoms with Gasteiger partial charge in [-0.25, -0.2) is 4.79 Å². The number of amides is 2. The zero-order valence-corrected chi connectivity index (χ0v) is 10.3. The molecule has 1 saturated heterocycles. The second-order valence-corrected chi connectivity index (χ2v) is 5.29. The number of halogens is 1. The highest BCUT2D eigenvalue weighted by Crippen LogP contribution is 2.41. The van der Waals surface area contributed by atoms with Crippen molar-refractivity contribution < 1.29 is 9.53 Å². The summed E-state index contributed by atoms with van der Waals surface area (Å²) in [6.07, 6.45) is 0.738. The fourth-order valence-corrected chi connectivity index (χ4v) is 2.69. The Balaban J connectivity index is 2.10. The summed E-state index contributed by atoms with van der Waals surface area (Å²) < 4.78 is 6.81. The van der Waals surface area contributed by atoms with Crippen molar-refractivity contribution >= 4 is 22.0 Å². The minimum atomic E-state index is -0.589. The highest BCUT2D eigenvalue weighted by molar-refractivity contribution is 9.10. The lowest BCUT2D eigenvalue weighted by Gasteiger charge is -2.44. The lowest BCUT2D eigenvalue weighted by Crippen LogP contribution is -2.62. The van der Waals surface area contributed by atoms with E-state index in [-0.39, 0.29) is 12.1 Å². The van der Waals surface area contributed by atoms with Gasteiger partial charge >= 0.3 is 6.03 Å². The minimum absolute atomic E-state index is 0.0278. The van der Waals surface area contributed by atoms with E-state index in [1.807, 2.05) is 25.1 Å². The van der Waals surface area contributed by atoms with Crippen LogP contribution in [0.25, 0.3) is 0 Å². The summed E-state index contributed by atoms with van der Waals surface area (Å²) in [4.78, 5) is 11.5. The maximum atomic E-state index is 11.5. The first-order valence-corrected chi connectivity index (χ1v) is 5.92. The van der Waals surface area contributed by atoms with Gasteiger partial charge in [-0.15, -0.1) is 0 Å². The van der Waals surface area contributed by atoms with Crippen molar-refractivity contribution in [3.05, 3.63) is 28.2 Å². The molecule has 0 aromatic heterocycles. The van der Waals surface area contributed by atoms with Crippen molar-refractivity contribution in [1.82, 2.24) is 10.6 Å². The Hall–Kier alpha value is -1.23. The van der Waals surface area contributed by atoms with Crippen molar-refractivity contribution in [2.24, 2.45) is 0 Å². The smallest absolute Gasteiger partial charge is 0.318 e. The number of benzene rings is 1. The van der Waals surface area contributed by atoms with Crippen LogP contribution in [0.2, 0.25) is 0 Å². The van der Waals surface area contributed by atoms with Crippen LogP contribution in [0.1, 0.15) is 24.9 Å². The predicted octanol–water partition coefficient (Wildman–Crippen LogP) is 2.30. The van der Waals surface area contributed by atoms with Crippen LogP contribution in [0.5, 0.6) is 5.75 Å². The highest BCUT2D eigenvalue weighted by Gasteiger charge is 2.43. The number of fused-ring (bicyclic) bond motifs is 4. The molecule has 2 aliphatic rings. The normalized spacial score (nSPS) is 30.9. The molecule has 1 aromatic carbocycles. The molecule has 3 rings (SSSR count). The number of rotatable bonds is 0. The number of hydrogen-bond donors (Lipinski definition) is 2. The van der Waals surface area contributed by atoms with Crippen LogP contribution in [0.15, 0.2) is 22.7 Å². The predicted molar refractivity (Wildman–Crippen MR) is 62.2 cm³/mol. The third-order valence-electron chi connectivity index (χ3n) is 2.96. The fraction of sp³-hybridized carbons (Fsp3) is 0.364. The van der Waals surface area contributed by atoms with Gasteiger partial charge < -0.3 is 15.4 Å². The third kappa shape index (κ3) is 1.46. The van der Waals surface area contributed by atoms with E-state index in [1.165, 1.54) is 0 Å². The molecule has 84 valence electrons. The second-order valence-electron chi connectivity index (χ2n) is 4.37. The lowest BCUT2D eigenvalue weighted by molar-refractivity contribution is 0.0119. The number of urea groups is 1. The minimum Gasteiger partial charge on any atom is -0.468 e. The maximum Gasteiger partial charge on any atom is 0.318 e. The molecule has 2 atom stereocenters. The SMILES string of the molecule is C[C@]12C[C@@H](NC(=O)N1)c1cc(Br)ccc1O2. The molecule has 2 amide bonds. The van der Waals surface area contributed by atoms with Gasteiger partial charge in [-0.3, -0.25) is 0 Å². The van der Waals surface area contributed by atoms with E-state index >= 15 is 0 Å².